The van der Waals surface area contributed by atoms with Crippen LogP contribution in [0.25, 0.3) is 0 Å². The molecule has 0 aromatic rings. The highest BCUT2D eigenvalue weighted by atomic mass is 16.6. The van der Waals surface area contributed by atoms with Crippen LogP contribution >= 0.6 is 0 Å². The van der Waals surface area contributed by atoms with Gasteiger partial charge in [0.05, 0.1) is 0 Å². The van der Waals surface area contributed by atoms with Crippen molar-refractivity contribution in [2.45, 2.75) is 335 Å². The lowest BCUT2D eigenvalue weighted by molar-refractivity contribution is -0.167. The van der Waals surface area contributed by atoms with Gasteiger partial charge in [0.2, 0.25) is 0 Å². The Morgan fingerprint density at radius 1 is 0.253 bits per heavy atom. The Labute approximate surface area is 513 Å². The van der Waals surface area contributed by atoms with Crippen molar-refractivity contribution in [1.82, 2.24) is 0 Å². The van der Waals surface area contributed by atoms with Gasteiger partial charge in [0.1, 0.15) is 13.2 Å². The lowest BCUT2D eigenvalue weighted by atomic mass is 10.0. The van der Waals surface area contributed by atoms with Crippen molar-refractivity contribution >= 4 is 17.9 Å². The van der Waals surface area contributed by atoms with Gasteiger partial charge in [0.15, 0.2) is 6.10 Å². The fourth-order valence-corrected chi connectivity index (χ4v) is 9.79. The highest BCUT2D eigenvalue weighted by Gasteiger charge is 2.19. The van der Waals surface area contributed by atoms with Crippen LogP contribution in [0.4, 0.5) is 0 Å². The predicted octanol–water partition coefficient (Wildman–Crippen LogP) is 24.3. The van der Waals surface area contributed by atoms with Gasteiger partial charge in [-0.25, -0.2) is 0 Å². The second kappa shape index (κ2) is 70.3. The fourth-order valence-electron chi connectivity index (χ4n) is 9.79. The Hall–Kier alpha value is -4.19. The van der Waals surface area contributed by atoms with E-state index in [9.17, 15) is 14.4 Å². The van der Waals surface area contributed by atoms with E-state index in [2.05, 4.69) is 142 Å². The van der Waals surface area contributed by atoms with Crippen molar-refractivity contribution in [2.24, 2.45) is 0 Å². The third-order valence-electron chi connectivity index (χ3n) is 15.0. The number of carbonyl (C=O) groups excluding carboxylic acids is 3. The predicted molar refractivity (Wildman–Crippen MR) is 362 cm³/mol. The van der Waals surface area contributed by atoms with Crippen LogP contribution in [0.2, 0.25) is 0 Å². The molecule has 83 heavy (non-hydrogen) atoms. The van der Waals surface area contributed by atoms with Crippen LogP contribution in [0.3, 0.4) is 0 Å². The highest BCUT2D eigenvalue weighted by molar-refractivity contribution is 5.71. The van der Waals surface area contributed by atoms with Crippen molar-refractivity contribution in [3.8, 4) is 0 Å². The largest absolute Gasteiger partial charge is 0.462 e. The van der Waals surface area contributed by atoms with E-state index in [0.717, 1.165) is 135 Å². The summed E-state index contributed by atoms with van der Waals surface area (Å²) in [4.78, 5) is 38.4. The van der Waals surface area contributed by atoms with E-state index in [1.165, 1.54) is 154 Å². The molecule has 0 rings (SSSR count). The van der Waals surface area contributed by atoms with Crippen LogP contribution in [0.1, 0.15) is 329 Å². The Kier molecular flexibility index (Phi) is 66.7. The summed E-state index contributed by atoms with van der Waals surface area (Å²) in [5.74, 6) is -0.886. The molecule has 0 radical (unpaired) electrons. The maximum absolute atomic E-state index is 12.9. The van der Waals surface area contributed by atoms with E-state index >= 15 is 0 Å². The minimum Gasteiger partial charge on any atom is -0.462 e. The first-order valence-corrected chi connectivity index (χ1v) is 35.0. The van der Waals surface area contributed by atoms with Crippen molar-refractivity contribution in [3.63, 3.8) is 0 Å². The Morgan fingerprint density at radius 2 is 0.470 bits per heavy atom. The van der Waals surface area contributed by atoms with Gasteiger partial charge in [-0.15, -0.1) is 0 Å². The van der Waals surface area contributed by atoms with Crippen molar-refractivity contribution in [3.05, 3.63) is 122 Å². The standard InChI is InChI=1S/C77H130O6/c1-4-7-10-13-16-19-22-24-26-28-30-32-34-36-37-38-39-41-42-44-46-48-50-52-55-58-61-64-67-70-76(79)82-73-74(72-81-75(78)69-66-63-60-57-54-21-18-15-12-9-6-3)83-77(80)71-68-65-62-59-56-53-51-49-47-45-43-40-35-33-31-29-27-25-23-20-17-14-11-8-5-2/h7-8,10-11,16-17,19-20,24-27,30-33,40,43,47,49,74H,4-6,9,12-15,18,21-23,28-29,34-39,41-42,44-46,48,50-73H2,1-3H3/b10-7-,11-8-,19-16-,20-17-,26-24-,27-25-,32-30-,33-31-,43-40-,49-47-. The zero-order chi connectivity index (χ0) is 59.9. The second-order valence-corrected chi connectivity index (χ2v) is 23.0. The topological polar surface area (TPSA) is 78.9 Å². The second-order valence-electron chi connectivity index (χ2n) is 23.0. The number of unbranched alkanes of at least 4 members (excludes halogenated alkanes) is 32. The number of rotatable bonds is 63. The van der Waals surface area contributed by atoms with E-state index in [0.29, 0.717) is 19.3 Å². The molecular formula is C77H130O6. The third-order valence-corrected chi connectivity index (χ3v) is 15.0. The van der Waals surface area contributed by atoms with Crippen LogP contribution in [0.5, 0.6) is 0 Å². The molecule has 0 spiro atoms. The summed E-state index contributed by atoms with van der Waals surface area (Å²) in [5.41, 5.74) is 0. The maximum atomic E-state index is 12.9. The van der Waals surface area contributed by atoms with E-state index < -0.39 is 6.10 Å². The first-order valence-electron chi connectivity index (χ1n) is 35.0. The molecule has 1 unspecified atom stereocenters. The summed E-state index contributed by atoms with van der Waals surface area (Å²) in [6.07, 6.45) is 98.0. The van der Waals surface area contributed by atoms with Crippen LogP contribution in [-0.4, -0.2) is 37.2 Å². The smallest absolute Gasteiger partial charge is 0.306 e. The SMILES string of the molecule is CC/C=C\C/C=C\C/C=C\C/C=C\C/C=C\C/C=C\CCCCCCCCC(=O)OC(COC(=O)CCCCCCCCCCCCC)COC(=O)CCCCCCCCCCCCCCCCCC/C=C\C/C=C\C/C=C\C/C=C\CC. The zero-order valence-electron chi connectivity index (χ0n) is 54.4. The van der Waals surface area contributed by atoms with Crippen LogP contribution < -0.4 is 0 Å². The number of hydrogen-bond donors (Lipinski definition) is 0. The molecule has 474 valence electrons. The van der Waals surface area contributed by atoms with E-state index in [4.69, 9.17) is 14.2 Å². The molecule has 0 saturated carbocycles. The quantitative estimate of drug-likeness (QED) is 0.0261. The number of allylic oxidation sites excluding steroid dienone is 20. The third kappa shape index (κ3) is 68.5. The molecular weight excluding hydrogens is 1020 g/mol. The molecule has 0 amide bonds. The number of hydrogen-bond acceptors (Lipinski definition) is 6. The Bertz CT molecular complexity index is 1700. The van der Waals surface area contributed by atoms with Gasteiger partial charge in [0, 0.05) is 19.3 Å². The van der Waals surface area contributed by atoms with Gasteiger partial charge in [-0.3, -0.25) is 14.4 Å². The molecule has 0 fully saturated rings. The van der Waals surface area contributed by atoms with Gasteiger partial charge in [0.25, 0.3) is 0 Å². The monoisotopic (exact) mass is 1150 g/mol. The molecule has 0 N–H and O–H groups in total. The highest BCUT2D eigenvalue weighted by Crippen LogP contribution is 2.17. The maximum Gasteiger partial charge on any atom is 0.306 e. The van der Waals surface area contributed by atoms with Crippen molar-refractivity contribution in [1.29, 1.82) is 0 Å². The molecule has 6 heteroatoms. The van der Waals surface area contributed by atoms with Gasteiger partial charge in [-0.2, -0.15) is 0 Å². The Balaban J connectivity index is 4.25. The molecule has 0 aliphatic rings. The molecule has 0 saturated heterocycles. The summed E-state index contributed by atoms with van der Waals surface area (Å²) in [6.45, 7) is 6.42. The van der Waals surface area contributed by atoms with Crippen LogP contribution in [0, 0.1) is 0 Å². The van der Waals surface area contributed by atoms with E-state index in [1.807, 2.05) is 0 Å². The minimum atomic E-state index is -0.787. The molecule has 0 bridgehead atoms. The minimum absolute atomic E-state index is 0.0821. The summed E-state index contributed by atoms with van der Waals surface area (Å²) >= 11 is 0. The molecule has 6 nitrogen and oxygen atoms in total. The molecule has 0 aliphatic carbocycles. The molecule has 0 heterocycles. The first-order chi connectivity index (χ1) is 41.0. The van der Waals surface area contributed by atoms with Crippen molar-refractivity contribution in [2.75, 3.05) is 13.2 Å². The fraction of sp³-hybridized carbons (Fsp3) is 0.701. The normalized spacial score (nSPS) is 12.9. The van der Waals surface area contributed by atoms with Gasteiger partial charge in [-0.05, 0) is 109 Å². The Morgan fingerprint density at radius 3 is 0.735 bits per heavy atom. The van der Waals surface area contributed by atoms with E-state index in [1.54, 1.807) is 0 Å². The molecule has 1 atom stereocenters. The molecule has 0 aromatic heterocycles. The summed E-state index contributed by atoms with van der Waals surface area (Å²) in [7, 11) is 0. The van der Waals surface area contributed by atoms with E-state index in [-0.39, 0.29) is 31.1 Å². The zero-order valence-corrected chi connectivity index (χ0v) is 54.4. The van der Waals surface area contributed by atoms with Crippen molar-refractivity contribution < 1.29 is 28.6 Å². The molecule has 0 aromatic carbocycles. The summed E-state index contributed by atoms with van der Waals surface area (Å²) in [6, 6.07) is 0. The average molecular weight is 1150 g/mol. The van der Waals surface area contributed by atoms with Gasteiger partial charge >= 0.3 is 17.9 Å². The lowest BCUT2D eigenvalue weighted by Gasteiger charge is -2.18. The van der Waals surface area contributed by atoms with Gasteiger partial charge < -0.3 is 14.2 Å². The first kappa shape index (κ1) is 78.8. The average Bonchev–Trinajstić information content (AvgIpc) is 3.48. The van der Waals surface area contributed by atoms with Crippen LogP contribution in [0.15, 0.2) is 122 Å². The summed E-state index contributed by atoms with van der Waals surface area (Å²) in [5, 5.41) is 0. The summed E-state index contributed by atoms with van der Waals surface area (Å²) < 4.78 is 17.0. The molecule has 0 aliphatic heterocycles. The lowest BCUT2D eigenvalue weighted by Crippen LogP contribution is -2.30. The number of ether oxygens (including phenoxy) is 3. The van der Waals surface area contributed by atoms with Gasteiger partial charge in [-0.1, -0.05) is 322 Å². The van der Waals surface area contributed by atoms with Crippen LogP contribution in [-0.2, 0) is 28.6 Å². The number of esters is 3. The number of carbonyl (C=O) groups is 3.